The van der Waals surface area contributed by atoms with Crippen LogP contribution in [-0.4, -0.2) is 42.0 Å². The fraction of sp³-hybridized carbons (Fsp3) is 0.231. The van der Waals surface area contributed by atoms with E-state index in [1.807, 2.05) is 24.3 Å². The van der Waals surface area contributed by atoms with Gasteiger partial charge in [0.15, 0.2) is 0 Å². The van der Waals surface area contributed by atoms with Crippen LogP contribution in [0.15, 0.2) is 54.4 Å². The predicted molar refractivity (Wildman–Crippen MR) is 145 cm³/mol. The minimum atomic E-state index is -0.603. The second-order valence-corrected chi connectivity index (χ2v) is 9.77. The van der Waals surface area contributed by atoms with Crippen LogP contribution in [0.3, 0.4) is 0 Å². The van der Waals surface area contributed by atoms with Gasteiger partial charge in [0, 0.05) is 34.1 Å². The van der Waals surface area contributed by atoms with E-state index in [1.54, 1.807) is 24.3 Å². The van der Waals surface area contributed by atoms with Gasteiger partial charge < -0.3 is 16.0 Å². The molecular formula is C26H24Cl2N8O2. The number of halogens is 2. The third-order valence-corrected chi connectivity index (χ3v) is 6.93. The standard InChI is InChI=1S/C26H24Cl2N8O2/c27-16-10-11-21(36-14-30-34-35-36)15(12-16)13-19(25(29)38)17-6-2-1-3-9-22(37)31-20-8-5-4-7-18(20)23-24(28)33-26(17)32-23/h4-5,7-8,10-14,17H,1-3,6,9H2,(H2,29,38)(H,31,37)(H,32,33)/t17-/m0/s1. The number of anilines is 1. The van der Waals surface area contributed by atoms with Crippen LogP contribution in [0.25, 0.3) is 23.0 Å². The maximum Gasteiger partial charge on any atom is 0.245 e. The van der Waals surface area contributed by atoms with Gasteiger partial charge in [-0.1, -0.05) is 54.2 Å². The van der Waals surface area contributed by atoms with Crippen molar-refractivity contribution in [2.24, 2.45) is 5.73 Å². The molecule has 0 saturated heterocycles. The summed E-state index contributed by atoms with van der Waals surface area (Å²) in [6.45, 7) is 0. The molecule has 3 heterocycles. The monoisotopic (exact) mass is 550 g/mol. The average Bonchev–Trinajstić information content (AvgIpc) is 3.55. The van der Waals surface area contributed by atoms with Gasteiger partial charge in [0.05, 0.1) is 11.4 Å². The van der Waals surface area contributed by atoms with Crippen molar-refractivity contribution in [2.75, 3.05) is 5.32 Å². The van der Waals surface area contributed by atoms with Crippen LogP contribution in [0.4, 0.5) is 5.69 Å². The van der Waals surface area contributed by atoms with Crippen LogP contribution >= 0.6 is 23.2 Å². The van der Waals surface area contributed by atoms with Gasteiger partial charge in [-0.15, -0.1) is 5.10 Å². The van der Waals surface area contributed by atoms with Crippen LogP contribution in [-0.2, 0) is 9.59 Å². The summed E-state index contributed by atoms with van der Waals surface area (Å²) >= 11 is 12.9. The molecule has 38 heavy (non-hydrogen) atoms. The first-order valence-electron chi connectivity index (χ1n) is 12.1. The number of tetrazole rings is 1. The van der Waals surface area contributed by atoms with E-state index in [2.05, 4.69) is 25.8 Å². The molecular weight excluding hydrogens is 527 g/mol. The van der Waals surface area contributed by atoms with E-state index >= 15 is 0 Å². The smallest absolute Gasteiger partial charge is 0.245 e. The lowest BCUT2D eigenvalue weighted by atomic mass is 9.89. The fourth-order valence-electron chi connectivity index (χ4n) is 4.61. The second kappa shape index (κ2) is 11.2. The normalized spacial score (nSPS) is 16.5. The highest BCUT2D eigenvalue weighted by Crippen LogP contribution is 2.37. The average molecular weight is 551 g/mol. The lowest BCUT2D eigenvalue weighted by molar-refractivity contribution is -0.116. The molecule has 10 nitrogen and oxygen atoms in total. The predicted octanol–water partition coefficient (Wildman–Crippen LogP) is 4.91. The Hall–Kier alpha value is -4.02. The number of fused-ring (bicyclic) bond motifs is 4. The number of rotatable bonds is 4. The molecule has 2 aromatic carbocycles. The summed E-state index contributed by atoms with van der Waals surface area (Å²) in [5, 5.41) is 15.1. The van der Waals surface area contributed by atoms with Crippen molar-refractivity contribution in [3.63, 3.8) is 0 Å². The Bertz CT molecular complexity index is 1510. The number of H-pyrrole nitrogens is 1. The minimum Gasteiger partial charge on any atom is -0.366 e. The van der Waals surface area contributed by atoms with Crippen molar-refractivity contribution >= 4 is 46.8 Å². The number of carbonyl (C=O) groups excluding carboxylic acids is 2. The molecule has 1 atom stereocenters. The zero-order valence-corrected chi connectivity index (χ0v) is 21.7. The summed E-state index contributed by atoms with van der Waals surface area (Å²) in [7, 11) is 0. The highest BCUT2D eigenvalue weighted by Gasteiger charge is 2.27. The number of primary amides is 1. The number of hydrogen-bond donors (Lipinski definition) is 3. The molecule has 0 spiro atoms. The van der Waals surface area contributed by atoms with Gasteiger partial charge in [-0.05, 0) is 53.6 Å². The summed E-state index contributed by atoms with van der Waals surface area (Å²) in [5.41, 5.74) is 9.28. The van der Waals surface area contributed by atoms with Crippen LogP contribution in [0.2, 0.25) is 10.2 Å². The number of carbonyl (C=O) groups is 2. The molecule has 0 unspecified atom stereocenters. The molecule has 194 valence electrons. The Morgan fingerprint density at radius 2 is 1.97 bits per heavy atom. The van der Waals surface area contributed by atoms with Crippen molar-refractivity contribution in [1.82, 2.24) is 30.2 Å². The maximum atomic E-state index is 12.9. The van der Waals surface area contributed by atoms with Crippen molar-refractivity contribution in [1.29, 1.82) is 0 Å². The van der Waals surface area contributed by atoms with Crippen molar-refractivity contribution in [2.45, 2.75) is 38.0 Å². The third kappa shape index (κ3) is 5.46. The number of aromatic nitrogens is 6. The lowest BCUT2D eigenvalue weighted by Gasteiger charge is -2.17. The number of benzene rings is 2. The highest BCUT2D eigenvalue weighted by molar-refractivity contribution is 6.32. The van der Waals surface area contributed by atoms with Crippen molar-refractivity contribution in [3.8, 4) is 16.9 Å². The summed E-state index contributed by atoms with van der Waals surface area (Å²) < 4.78 is 1.48. The number of nitrogens with one attached hydrogen (secondary N) is 2. The number of hydrogen-bond acceptors (Lipinski definition) is 6. The largest absolute Gasteiger partial charge is 0.366 e. The van der Waals surface area contributed by atoms with Gasteiger partial charge in [0.1, 0.15) is 23.0 Å². The molecule has 1 aliphatic rings. The molecule has 0 radical (unpaired) electrons. The van der Waals surface area contributed by atoms with Gasteiger partial charge in [-0.2, -0.15) is 4.68 Å². The van der Waals surface area contributed by atoms with E-state index < -0.39 is 11.8 Å². The van der Waals surface area contributed by atoms with Crippen molar-refractivity contribution < 1.29 is 9.59 Å². The van der Waals surface area contributed by atoms with Gasteiger partial charge in [0.2, 0.25) is 11.8 Å². The Morgan fingerprint density at radius 1 is 1.13 bits per heavy atom. The molecule has 2 amide bonds. The molecule has 4 aromatic rings. The van der Waals surface area contributed by atoms with Gasteiger partial charge in [-0.25, -0.2) is 4.98 Å². The lowest BCUT2D eigenvalue weighted by Crippen LogP contribution is -2.21. The topological polar surface area (TPSA) is 144 Å². The van der Waals surface area contributed by atoms with Gasteiger partial charge >= 0.3 is 0 Å². The molecule has 4 N–H and O–H groups in total. The number of nitrogens with two attached hydrogens (primary N) is 1. The number of amides is 2. The van der Waals surface area contributed by atoms with Crippen LogP contribution in [0.1, 0.15) is 49.4 Å². The number of nitrogens with zero attached hydrogens (tertiary/aromatic N) is 5. The molecule has 2 bridgehead atoms. The Morgan fingerprint density at radius 3 is 2.76 bits per heavy atom. The Balaban J connectivity index is 1.64. The first-order valence-corrected chi connectivity index (χ1v) is 12.8. The zero-order chi connectivity index (χ0) is 26.6. The highest BCUT2D eigenvalue weighted by atomic mass is 35.5. The fourth-order valence-corrected chi connectivity index (χ4v) is 5.03. The second-order valence-electron chi connectivity index (χ2n) is 8.95. The first kappa shape index (κ1) is 25.6. The van der Waals surface area contributed by atoms with E-state index in [0.29, 0.717) is 69.0 Å². The number of aromatic amines is 1. The molecule has 0 saturated carbocycles. The molecule has 1 aliphatic heterocycles. The van der Waals surface area contributed by atoms with E-state index in [4.69, 9.17) is 33.9 Å². The van der Waals surface area contributed by atoms with Crippen LogP contribution < -0.4 is 11.1 Å². The zero-order valence-electron chi connectivity index (χ0n) is 20.2. The minimum absolute atomic E-state index is 0.0751. The molecule has 0 aliphatic carbocycles. The summed E-state index contributed by atoms with van der Waals surface area (Å²) in [6.07, 6.45) is 6.32. The number of para-hydroxylation sites is 1. The third-order valence-electron chi connectivity index (χ3n) is 6.42. The maximum absolute atomic E-state index is 12.9. The van der Waals surface area contributed by atoms with E-state index in [9.17, 15) is 9.59 Å². The SMILES string of the molecule is NC(=O)C(=Cc1cc(Cl)ccc1-n1cnnn1)[C@@H]1CCCCCC(=O)Nc2ccccc2-c2nc1[nH]c2Cl. The van der Waals surface area contributed by atoms with Gasteiger partial charge in [0.25, 0.3) is 0 Å². The summed E-state index contributed by atoms with van der Waals surface area (Å²) in [5.74, 6) is -0.667. The van der Waals surface area contributed by atoms with Crippen LogP contribution in [0, 0.1) is 0 Å². The van der Waals surface area contributed by atoms with E-state index in [-0.39, 0.29) is 5.91 Å². The van der Waals surface area contributed by atoms with E-state index in [0.717, 1.165) is 12.8 Å². The molecule has 12 heteroatoms. The Kier molecular flexibility index (Phi) is 7.52. The van der Waals surface area contributed by atoms with Crippen LogP contribution in [0.5, 0.6) is 0 Å². The summed E-state index contributed by atoms with van der Waals surface area (Å²) in [4.78, 5) is 33.4. The molecule has 5 rings (SSSR count). The molecule has 2 aromatic heterocycles. The van der Waals surface area contributed by atoms with E-state index in [1.165, 1.54) is 11.0 Å². The van der Waals surface area contributed by atoms with Gasteiger partial charge in [-0.3, -0.25) is 9.59 Å². The number of imidazole rings is 1. The van der Waals surface area contributed by atoms with Crippen molar-refractivity contribution in [3.05, 3.63) is 75.9 Å². The summed E-state index contributed by atoms with van der Waals surface area (Å²) in [6, 6.07) is 12.5. The quantitative estimate of drug-likeness (QED) is 0.307. The molecule has 0 fully saturated rings. The first-order chi connectivity index (χ1) is 18.4. The Labute approximate surface area is 228 Å².